The molecule has 86 valence electrons. The quantitative estimate of drug-likeness (QED) is 0.777. The van der Waals surface area contributed by atoms with E-state index >= 15 is 0 Å². The van der Waals surface area contributed by atoms with Crippen molar-refractivity contribution in [3.8, 4) is 5.75 Å². The molecule has 0 atom stereocenters. The van der Waals surface area contributed by atoms with E-state index in [1.165, 1.54) is 6.07 Å². The van der Waals surface area contributed by atoms with Crippen molar-refractivity contribution in [2.45, 2.75) is 13.3 Å². The highest BCUT2D eigenvalue weighted by Gasteiger charge is 2.13. The van der Waals surface area contributed by atoms with Gasteiger partial charge in [-0.15, -0.1) is 0 Å². The summed E-state index contributed by atoms with van der Waals surface area (Å²) in [4.78, 5) is 21.4. The highest BCUT2D eigenvalue weighted by molar-refractivity contribution is 5.91. The number of primary amides is 1. The fourth-order valence-corrected chi connectivity index (χ4v) is 1.27. The Morgan fingerprint density at radius 2 is 2.12 bits per heavy atom. The van der Waals surface area contributed by atoms with Crippen LogP contribution in [0.2, 0.25) is 0 Å². The van der Waals surface area contributed by atoms with Crippen molar-refractivity contribution in [2.75, 3.05) is 6.61 Å². The number of carbonyl (C=O) groups is 2. The van der Waals surface area contributed by atoms with Gasteiger partial charge in [-0.3, -0.25) is 4.79 Å². The SMILES string of the molecule is Cc1cccc(C(=O)O)c1OCCC(N)=O. The van der Waals surface area contributed by atoms with E-state index in [1.54, 1.807) is 19.1 Å². The van der Waals surface area contributed by atoms with Crippen LogP contribution in [0.15, 0.2) is 18.2 Å². The molecule has 1 amide bonds. The number of rotatable bonds is 5. The van der Waals surface area contributed by atoms with E-state index in [9.17, 15) is 9.59 Å². The molecule has 1 rings (SSSR count). The maximum atomic E-state index is 10.9. The van der Waals surface area contributed by atoms with E-state index in [-0.39, 0.29) is 24.3 Å². The third-order valence-electron chi connectivity index (χ3n) is 2.04. The van der Waals surface area contributed by atoms with E-state index in [2.05, 4.69) is 0 Å². The summed E-state index contributed by atoms with van der Waals surface area (Å²) in [5.41, 5.74) is 5.76. The standard InChI is InChI=1S/C11H13NO4/c1-7-3-2-4-8(11(14)15)10(7)16-6-5-9(12)13/h2-4H,5-6H2,1H3,(H2,12,13)(H,14,15). The third-order valence-corrected chi connectivity index (χ3v) is 2.04. The number of para-hydroxylation sites is 1. The molecule has 0 bridgehead atoms. The summed E-state index contributed by atoms with van der Waals surface area (Å²) in [6.45, 7) is 1.83. The molecule has 0 unspecified atom stereocenters. The van der Waals surface area contributed by atoms with Gasteiger partial charge in [0.2, 0.25) is 5.91 Å². The second-order valence-electron chi connectivity index (χ2n) is 3.32. The Balaban J connectivity index is 2.84. The van der Waals surface area contributed by atoms with Crippen molar-refractivity contribution in [1.29, 1.82) is 0 Å². The van der Waals surface area contributed by atoms with E-state index in [1.807, 2.05) is 0 Å². The normalized spacial score (nSPS) is 9.81. The topological polar surface area (TPSA) is 89.6 Å². The highest BCUT2D eigenvalue weighted by Crippen LogP contribution is 2.23. The number of aromatic carboxylic acids is 1. The van der Waals surface area contributed by atoms with Crippen molar-refractivity contribution >= 4 is 11.9 Å². The summed E-state index contributed by atoms with van der Waals surface area (Å²) in [5.74, 6) is -1.25. The smallest absolute Gasteiger partial charge is 0.339 e. The summed E-state index contributed by atoms with van der Waals surface area (Å²) in [7, 11) is 0. The first-order valence-electron chi connectivity index (χ1n) is 4.76. The Bertz CT molecular complexity index is 414. The zero-order valence-corrected chi connectivity index (χ0v) is 8.90. The largest absolute Gasteiger partial charge is 0.492 e. The number of carbonyl (C=O) groups excluding carboxylic acids is 1. The van der Waals surface area contributed by atoms with Crippen LogP contribution >= 0.6 is 0 Å². The van der Waals surface area contributed by atoms with E-state index in [4.69, 9.17) is 15.6 Å². The average molecular weight is 223 g/mol. The zero-order chi connectivity index (χ0) is 12.1. The first-order valence-corrected chi connectivity index (χ1v) is 4.76. The minimum absolute atomic E-state index is 0.0629. The number of hydrogen-bond donors (Lipinski definition) is 2. The molecule has 0 radical (unpaired) electrons. The number of carboxylic acid groups (broad SMARTS) is 1. The molecule has 0 saturated carbocycles. The molecule has 5 nitrogen and oxygen atoms in total. The molecular weight excluding hydrogens is 210 g/mol. The lowest BCUT2D eigenvalue weighted by molar-refractivity contribution is -0.118. The molecule has 16 heavy (non-hydrogen) atoms. The van der Waals surface area contributed by atoms with Crippen molar-refractivity contribution in [3.63, 3.8) is 0 Å². The Morgan fingerprint density at radius 3 is 2.69 bits per heavy atom. The fourth-order valence-electron chi connectivity index (χ4n) is 1.27. The first kappa shape index (κ1) is 12.0. The van der Waals surface area contributed by atoms with E-state index in [0.29, 0.717) is 5.56 Å². The molecular formula is C11H13NO4. The summed E-state index contributed by atoms with van der Waals surface area (Å²) >= 11 is 0. The number of aryl methyl sites for hydroxylation is 1. The van der Waals surface area contributed by atoms with Crippen molar-refractivity contribution in [1.82, 2.24) is 0 Å². The van der Waals surface area contributed by atoms with Crippen LogP contribution < -0.4 is 10.5 Å². The molecule has 0 aliphatic heterocycles. The molecule has 0 aromatic heterocycles. The van der Waals surface area contributed by atoms with Gasteiger partial charge < -0.3 is 15.6 Å². The molecule has 0 saturated heterocycles. The lowest BCUT2D eigenvalue weighted by atomic mass is 10.1. The number of benzene rings is 1. The van der Waals surface area contributed by atoms with Crippen LogP contribution in [0.5, 0.6) is 5.75 Å². The molecule has 1 aromatic carbocycles. The summed E-state index contributed by atoms with van der Waals surface area (Å²) in [6, 6.07) is 4.83. The number of hydrogen-bond acceptors (Lipinski definition) is 3. The molecule has 0 heterocycles. The Kier molecular flexibility index (Phi) is 3.88. The molecule has 0 fully saturated rings. The van der Waals surface area contributed by atoms with Gasteiger partial charge in [-0.25, -0.2) is 4.79 Å². The van der Waals surface area contributed by atoms with Crippen molar-refractivity contribution in [3.05, 3.63) is 29.3 Å². The van der Waals surface area contributed by atoms with Gasteiger partial charge in [0.1, 0.15) is 11.3 Å². The minimum atomic E-state index is -1.06. The molecule has 1 aromatic rings. The Hall–Kier alpha value is -2.04. The van der Waals surface area contributed by atoms with Gasteiger partial charge >= 0.3 is 5.97 Å². The Morgan fingerprint density at radius 1 is 1.44 bits per heavy atom. The van der Waals surface area contributed by atoms with Crippen LogP contribution in [0.4, 0.5) is 0 Å². The van der Waals surface area contributed by atoms with Gasteiger partial charge in [-0.05, 0) is 18.6 Å². The molecule has 3 N–H and O–H groups in total. The predicted octanol–water partition coefficient (Wildman–Crippen LogP) is 0.947. The number of amides is 1. The summed E-state index contributed by atoms with van der Waals surface area (Å²) < 4.78 is 5.26. The summed E-state index contributed by atoms with van der Waals surface area (Å²) in [5, 5.41) is 8.93. The predicted molar refractivity (Wildman–Crippen MR) is 57.4 cm³/mol. The van der Waals surface area contributed by atoms with Gasteiger partial charge in [0.15, 0.2) is 0 Å². The monoisotopic (exact) mass is 223 g/mol. The number of ether oxygens (including phenoxy) is 1. The second-order valence-corrected chi connectivity index (χ2v) is 3.32. The van der Waals surface area contributed by atoms with Crippen LogP contribution in [0.25, 0.3) is 0 Å². The summed E-state index contributed by atoms with van der Waals surface area (Å²) in [6.07, 6.45) is 0.0629. The first-order chi connectivity index (χ1) is 7.52. The Labute approximate surface area is 92.8 Å². The van der Waals surface area contributed by atoms with Gasteiger partial charge in [0, 0.05) is 0 Å². The lowest BCUT2D eigenvalue weighted by Gasteiger charge is -2.10. The van der Waals surface area contributed by atoms with Crippen LogP contribution in [-0.2, 0) is 4.79 Å². The highest BCUT2D eigenvalue weighted by atomic mass is 16.5. The van der Waals surface area contributed by atoms with Gasteiger partial charge in [0.25, 0.3) is 0 Å². The van der Waals surface area contributed by atoms with Gasteiger partial charge in [0.05, 0.1) is 13.0 Å². The van der Waals surface area contributed by atoms with Crippen molar-refractivity contribution < 1.29 is 19.4 Å². The van der Waals surface area contributed by atoms with Gasteiger partial charge in [-0.2, -0.15) is 0 Å². The molecule has 0 aliphatic rings. The fraction of sp³-hybridized carbons (Fsp3) is 0.273. The van der Waals surface area contributed by atoms with Crippen LogP contribution in [-0.4, -0.2) is 23.6 Å². The van der Waals surface area contributed by atoms with Crippen LogP contribution in [0.1, 0.15) is 22.3 Å². The second kappa shape index (κ2) is 5.16. The maximum Gasteiger partial charge on any atom is 0.339 e. The van der Waals surface area contributed by atoms with E-state index in [0.717, 1.165) is 0 Å². The molecule has 0 aliphatic carbocycles. The number of nitrogens with two attached hydrogens (primary N) is 1. The lowest BCUT2D eigenvalue weighted by Crippen LogP contribution is -2.15. The number of carboxylic acids is 1. The van der Waals surface area contributed by atoms with Crippen LogP contribution in [0, 0.1) is 6.92 Å². The minimum Gasteiger partial charge on any atom is -0.492 e. The average Bonchev–Trinajstić information content (AvgIpc) is 2.19. The maximum absolute atomic E-state index is 10.9. The molecule has 0 spiro atoms. The van der Waals surface area contributed by atoms with Gasteiger partial charge in [-0.1, -0.05) is 12.1 Å². The molecule has 5 heteroatoms. The van der Waals surface area contributed by atoms with Crippen LogP contribution in [0.3, 0.4) is 0 Å². The van der Waals surface area contributed by atoms with Crippen molar-refractivity contribution in [2.24, 2.45) is 5.73 Å². The van der Waals surface area contributed by atoms with E-state index < -0.39 is 11.9 Å². The zero-order valence-electron chi connectivity index (χ0n) is 8.90. The third kappa shape index (κ3) is 2.98.